The average Bonchev–Trinajstić information content (AvgIpc) is 2.81. The first-order chi connectivity index (χ1) is 8.85. The molecule has 5 nitrogen and oxygen atoms in total. The van der Waals surface area contributed by atoms with Crippen molar-refractivity contribution in [1.82, 2.24) is 10.2 Å². The van der Waals surface area contributed by atoms with Crippen molar-refractivity contribution < 1.29 is 14.7 Å². The van der Waals surface area contributed by atoms with Crippen molar-refractivity contribution in [1.29, 1.82) is 0 Å². The van der Waals surface area contributed by atoms with E-state index in [-0.39, 0.29) is 24.4 Å². The molecule has 1 aliphatic heterocycles. The number of carboxylic acids is 1. The lowest BCUT2D eigenvalue weighted by Crippen LogP contribution is -2.47. The van der Waals surface area contributed by atoms with Gasteiger partial charge in [0.25, 0.3) is 0 Å². The van der Waals surface area contributed by atoms with Gasteiger partial charge in [0.1, 0.15) is 0 Å². The largest absolute Gasteiger partial charge is 0.481 e. The minimum atomic E-state index is -0.777. The van der Waals surface area contributed by atoms with Gasteiger partial charge in [0.2, 0.25) is 5.91 Å². The second-order valence-corrected chi connectivity index (χ2v) is 5.43. The van der Waals surface area contributed by atoms with Gasteiger partial charge in [0.05, 0.1) is 18.0 Å². The molecular formula is C14H22N2O3. The van der Waals surface area contributed by atoms with E-state index in [1.165, 1.54) is 0 Å². The summed E-state index contributed by atoms with van der Waals surface area (Å²) < 4.78 is 0. The molecule has 1 rings (SSSR count). The molecule has 1 fully saturated rings. The summed E-state index contributed by atoms with van der Waals surface area (Å²) in [4.78, 5) is 25.3. The lowest BCUT2D eigenvalue weighted by molar-refractivity contribution is -0.151. The van der Waals surface area contributed by atoms with Crippen LogP contribution in [0.5, 0.6) is 0 Å². The van der Waals surface area contributed by atoms with Gasteiger partial charge in [-0.15, -0.1) is 6.42 Å². The summed E-state index contributed by atoms with van der Waals surface area (Å²) in [5.41, 5.74) is -0.749. The van der Waals surface area contributed by atoms with E-state index in [4.69, 9.17) is 6.42 Å². The van der Waals surface area contributed by atoms with Gasteiger partial charge in [-0.25, -0.2) is 0 Å². The number of aliphatic carboxylic acids is 1. The molecule has 0 bridgehead atoms. The van der Waals surface area contributed by atoms with E-state index in [1.807, 2.05) is 18.7 Å². The molecule has 0 radical (unpaired) electrons. The van der Waals surface area contributed by atoms with Crippen molar-refractivity contribution in [3.05, 3.63) is 0 Å². The van der Waals surface area contributed by atoms with Crippen LogP contribution in [-0.2, 0) is 9.59 Å². The van der Waals surface area contributed by atoms with Crippen LogP contribution >= 0.6 is 0 Å². The van der Waals surface area contributed by atoms with Crippen LogP contribution in [0.2, 0.25) is 0 Å². The molecule has 1 heterocycles. The molecule has 0 spiro atoms. The number of carbonyl (C=O) groups is 2. The van der Waals surface area contributed by atoms with E-state index in [0.717, 1.165) is 0 Å². The first-order valence-corrected chi connectivity index (χ1v) is 6.53. The Balaban J connectivity index is 2.72. The summed E-state index contributed by atoms with van der Waals surface area (Å²) in [6.07, 6.45) is 5.67. The van der Waals surface area contributed by atoms with Crippen molar-refractivity contribution in [2.45, 2.75) is 33.2 Å². The highest BCUT2D eigenvalue weighted by Gasteiger charge is 2.48. The van der Waals surface area contributed by atoms with Gasteiger partial charge in [-0.2, -0.15) is 0 Å². The highest BCUT2D eigenvalue weighted by atomic mass is 16.4. The van der Waals surface area contributed by atoms with E-state index in [2.05, 4.69) is 11.2 Å². The van der Waals surface area contributed by atoms with Gasteiger partial charge in [-0.1, -0.05) is 19.8 Å². The van der Waals surface area contributed by atoms with Gasteiger partial charge in [-0.3, -0.25) is 14.5 Å². The number of nitrogens with zero attached hydrogens (tertiary/aromatic N) is 1. The summed E-state index contributed by atoms with van der Waals surface area (Å²) >= 11 is 0. The number of carbonyl (C=O) groups excluding carboxylic acids is 1. The Labute approximate surface area is 114 Å². The van der Waals surface area contributed by atoms with Gasteiger partial charge < -0.3 is 10.4 Å². The predicted molar refractivity (Wildman–Crippen MR) is 72.4 cm³/mol. The van der Waals surface area contributed by atoms with E-state index in [9.17, 15) is 14.7 Å². The fraction of sp³-hybridized carbons (Fsp3) is 0.714. The normalized spacial score (nSPS) is 25.0. The van der Waals surface area contributed by atoms with Crippen molar-refractivity contribution in [3.63, 3.8) is 0 Å². The zero-order chi connectivity index (χ0) is 14.6. The number of likely N-dealkylation sites (tertiary alicyclic amines) is 1. The molecule has 1 saturated heterocycles. The third kappa shape index (κ3) is 3.07. The molecule has 0 aromatic carbocycles. The van der Waals surface area contributed by atoms with E-state index in [0.29, 0.717) is 19.5 Å². The lowest BCUT2D eigenvalue weighted by atomic mass is 9.76. The molecule has 0 aliphatic carbocycles. The predicted octanol–water partition coefficient (Wildman–Crippen LogP) is 0.557. The minimum absolute atomic E-state index is 0.0379. The maximum atomic E-state index is 11.8. The highest BCUT2D eigenvalue weighted by molar-refractivity contribution is 5.82. The Hall–Kier alpha value is -1.54. The first-order valence-electron chi connectivity index (χ1n) is 6.53. The van der Waals surface area contributed by atoms with Crippen LogP contribution < -0.4 is 5.32 Å². The summed E-state index contributed by atoms with van der Waals surface area (Å²) in [7, 11) is 0. The molecule has 0 aromatic rings. The third-order valence-corrected chi connectivity index (χ3v) is 4.15. The summed E-state index contributed by atoms with van der Waals surface area (Å²) in [6.45, 7) is 6.84. The van der Waals surface area contributed by atoms with Crippen LogP contribution in [0.4, 0.5) is 0 Å². The SMILES string of the molecule is C#CCNC(=O)C(C)N1CCC(C(=O)O)(C(C)C)C1. The quantitative estimate of drug-likeness (QED) is 0.713. The maximum absolute atomic E-state index is 11.8. The maximum Gasteiger partial charge on any atom is 0.311 e. The molecule has 19 heavy (non-hydrogen) atoms. The van der Waals surface area contributed by atoms with E-state index in [1.54, 1.807) is 6.92 Å². The number of carboxylic acid groups (broad SMARTS) is 1. The van der Waals surface area contributed by atoms with Crippen molar-refractivity contribution >= 4 is 11.9 Å². The molecule has 2 unspecified atom stereocenters. The Kier molecular flexibility index (Phi) is 4.96. The number of amides is 1. The summed E-state index contributed by atoms with van der Waals surface area (Å²) in [5, 5.41) is 12.1. The Morgan fingerprint density at radius 1 is 1.47 bits per heavy atom. The molecule has 2 N–H and O–H groups in total. The van der Waals surface area contributed by atoms with Crippen LogP contribution in [0.15, 0.2) is 0 Å². The van der Waals surface area contributed by atoms with Crippen molar-refractivity contribution in [2.75, 3.05) is 19.6 Å². The van der Waals surface area contributed by atoms with Gasteiger partial charge >= 0.3 is 5.97 Å². The van der Waals surface area contributed by atoms with Crippen molar-refractivity contribution in [2.24, 2.45) is 11.3 Å². The second-order valence-electron chi connectivity index (χ2n) is 5.43. The molecule has 0 saturated carbocycles. The number of nitrogens with one attached hydrogen (secondary N) is 1. The second kappa shape index (κ2) is 6.07. The molecule has 2 atom stereocenters. The molecule has 1 aliphatic rings. The Morgan fingerprint density at radius 2 is 2.11 bits per heavy atom. The number of terminal acetylenes is 1. The van der Waals surface area contributed by atoms with Crippen LogP contribution in [-0.4, -0.2) is 47.6 Å². The Bertz CT molecular complexity index is 400. The zero-order valence-corrected chi connectivity index (χ0v) is 11.8. The average molecular weight is 266 g/mol. The Morgan fingerprint density at radius 3 is 2.53 bits per heavy atom. The standard InChI is InChI=1S/C14H22N2O3/c1-5-7-15-12(17)11(4)16-8-6-14(9-16,10(2)3)13(18)19/h1,10-11H,6-9H2,2-4H3,(H,15,17)(H,18,19). The van der Waals surface area contributed by atoms with E-state index < -0.39 is 11.4 Å². The van der Waals surface area contributed by atoms with Crippen LogP contribution in [0, 0.1) is 23.7 Å². The minimum Gasteiger partial charge on any atom is -0.481 e. The lowest BCUT2D eigenvalue weighted by Gasteiger charge is -2.30. The third-order valence-electron chi connectivity index (χ3n) is 4.15. The smallest absolute Gasteiger partial charge is 0.311 e. The molecule has 106 valence electrons. The number of hydrogen-bond donors (Lipinski definition) is 2. The molecule has 1 amide bonds. The topological polar surface area (TPSA) is 69.6 Å². The summed E-state index contributed by atoms with van der Waals surface area (Å²) in [5.74, 6) is 1.46. The number of hydrogen-bond acceptors (Lipinski definition) is 3. The summed E-state index contributed by atoms with van der Waals surface area (Å²) in [6, 6.07) is -0.353. The van der Waals surface area contributed by atoms with E-state index >= 15 is 0 Å². The fourth-order valence-corrected chi connectivity index (χ4v) is 2.54. The van der Waals surface area contributed by atoms with Gasteiger partial charge in [0.15, 0.2) is 0 Å². The molecule has 5 heteroatoms. The van der Waals surface area contributed by atoms with Crippen molar-refractivity contribution in [3.8, 4) is 12.3 Å². The zero-order valence-electron chi connectivity index (χ0n) is 11.8. The first kappa shape index (κ1) is 15.5. The van der Waals surface area contributed by atoms with Crippen LogP contribution in [0.1, 0.15) is 27.2 Å². The molecule has 0 aromatic heterocycles. The monoisotopic (exact) mass is 266 g/mol. The van der Waals surface area contributed by atoms with Crippen LogP contribution in [0.25, 0.3) is 0 Å². The number of rotatable bonds is 5. The van der Waals surface area contributed by atoms with Gasteiger partial charge in [0, 0.05) is 13.1 Å². The highest BCUT2D eigenvalue weighted by Crippen LogP contribution is 2.38. The fourth-order valence-electron chi connectivity index (χ4n) is 2.54. The van der Waals surface area contributed by atoms with Crippen LogP contribution in [0.3, 0.4) is 0 Å². The van der Waals surface area contributed by atoms with Gasteiger partial charge in [-0.05, 0) is 19.3 Å². The molecular weight excluding hydrogens is 244 g/mol.